The Morgan fingerprint density at radius 1 is 0.968 bits per heavy atom. The Morgan fingerprint density at radius 2 is 1.67 bits per heavy atom. The van der Waals surface area contributed by atoms with Crippen LogP contribution in [0.15, 0.2) is 71.6 Å². The Labute approximate surface area is 377 Å². The topological polar surface area (TPSA) is 178 Å². The molecule has 2 aromatic heterocycles. The molecule has 5 N–H and O–H groups in total. The van der Waals surface area contributed by atoms with Crippen LogP contribution in [0.1, 0.15) is 111 Å². The number of fused-ring (bicyclic) bond motifs is 3. The number of hydrogen-bond acceptors (Lipinski definition) is 9. The summed E-state index contributed by atoms with van der Waals surface area (Å²) in [5.74, 6) is -1.16. The molecule has 63 heavy (non-hydrogen) atoms. The molecule has 4 atom stereocenters. The predicted octanol–water partition coefficient (Wildman–Crippen LogP) is 7.30. The first kappa shape index (κ1) is 49.0. The number of benzene rings is 2. The van der Waals surface area contributed by atoms with Crippen LogP contribution in [0.4, 0.5) is 0 Å². The molecule has 0 radical (unpaired) electrons. The van der Waals surface area contributed by atoms with Gasteiger partial charge in [-0.3, -0.25) is 29.2 Å². The van der Waals surface area contributed by atoms with E-state index in [1.165, 1.54) is 4.90 Å². The molecule has 3 heterocycles. The summed E-state index contributed by atoms with van der Waals surface area (Å²) in [6.07, 6.45) is 5.59. The molecular formula is C49H67N7O6S. The first-order chi connectivity index (χ1) is 29.6. The van der Waals surface area contributed by atoms with Crippen LogP contribution in [0.25, 0.3) is 26.7 Å². The van der Waals surface area contributed by atoms with Crippen molar-refractivity contribution >= 4 is 69.2 Å². The molecule has 0 unspecified atom stereocenters. The lowest BCUT2D eigenvalue weighted by molar-refractivity contribution is -0.144. The fourth-order valence-electron chi connectivity index (χ4n) is 7.89. The first-order valence-electron chi connectivity index (χ1n) is 21.8. The summed E-state index contributed by atoms with van der Waals surface area (Å²) in [5, 5.41) is 21.9. The number of thiol groups is 1. The number of nitrogens with zero attached hydrogens (tertiary/aromatic N) is 3. The number of aliphatic hydroxyl groups is 1. The second-order valence-corrected chi connectivity index (χ2v) is 20.1. The molecule has 1 aliphatic heterocycles. The zero-order chi connectivity index (χ0) is 46.3. The van der Waals surface area contributed by atoms with Crippen molar-refractivity contribution in [3.63, 3.8) is 0 Å². The molecule has 0 bridgehead atoms. The molecule has 1 aliphatic rings. The van der Waals surface area contributed by atoms with Crippen LogP contribution in [-0.2, 0) is 30.3 Å². The van der Waals surface area contributed by atoms with E-state index in [2.05, 4.69) is 61.7 Å². The summed E-state index contributed by atoms with van der Waals surface area (Å²) in [4.78, 5) is 68.6. The second kappa shape index (κ2) is 20.6. The number of ether oxygens (including phenoxy) is 1. The van der Waals surface area contributed by atoms with E-state index in [0.29, 0.717) is 26.0 Å². The fraction of sp³-hybridized carbons (Fsp3) is 0.510. The van der Waals surface area contributed by atoms with Crippen LogP contribution in [0, 0.1) is 16.2 Å². The number of aliphatic hydroxyl groups excluding tert-OH is 1. The highest BCUT2D eigenvalue weighted by atomic mass is 32.1. The molecule has 4 amide bonds. The van der Waals surface area contributed by atoms with Crippen molar-refractivity contribution in [2.75, 3.05) is 26.3 Å². The number of nitrogens with one attached hydrogen (secondary N) is 4. The lowest BCUT2D eigenvalue weighted by Gasteiger charge is -2.36. The van der Waals surface area contributed by atoms with Crippen molar-refractivity contribution in [1.29, 1.82) is 0 Å². The van der Waals surface area contributed by atoms with Crippen LogP contribution in [-0.4, -0.2) is 94.3 Å². The van der Waals surface area contributed by atoms with E-state index >= 15 is 0 Å². The van der Waals surface area contributed by atoms with Gasteiger partial charge in [-0.1, -0.05) is 84.9 Å². The number of hydrogen-bond donors (Lipinski definition) is 6. The minimum Gasteiger partial charge on any atom is -0.391 e. The van der Waals surface area contributed by atoms with Gasteiger partial charge in [0, 0.05) is 83.1 Å². The van der Waals surface area contributed by atoms with Gasteiger partial charge >= 0.3 is 0 Å². The van der Waals surface area contributed by atoms with Gasteiger partial charge in [0.15, 0.2) is 0 Å². The van der Waals surface area contributed by atoms with Gasteiger partial charge in [-0.05, 0) is 66.8 Å². The normalized spacial score (nSPS) is 17.5. The molecule has 5 rings (SSSR count). The highest BCUT2D eigenvalue weighted by Crippen LogP contribution is 2.30. The lowest BCUT2D eigenvalue weighted by Crippen LogP contribution is -2.58. The molecule has 0 spiro atoms. The minimum absolute atomic E-state index is 0.0189. The van der Waals surface area contributed by atoms with Gasteiger partial charge in [-0.25, -0.2) is 0 Å². The number of rotatable bonds is 18. The van der Waals surface area contributed by atoms with Gasteiger partial charge in [0.1, 0.15) is 12.1 Å². The number of carbonyl (C=O) groups excluding carboxylic acids is 4. The van der Waals surface area contributed by atoms with E-state index < -0.39 is 34.9 Å². The van der Waals surface area contributed by atoms with Crippen LogP contribution in [0.2, 0.25) is 0 Å². The number of allylic oxidation sites excluding steroid dienone is 1. The molecule has 14 heteroatoms. The average molecular weight is 882 g/mol. The number of H-pyrrole nitrogens is 1. The molecule has 4 aromatic rings. The summed E-state index contributed by atoms with van der Waals surface area (Å²) < 4.78 is 6.15. The van der Waals surface area contributed by atoms with E-state index in [4.69, 9.17) is 4.74 Å². The SMILES string of the molecule is C/C=N\C(C)=C(/S)c1ccc([C@H](C)NC(=O)[C@@H]2C[C@@H](O)CN2C(=O)[C@@H](NC(=O)CC(C)(C)COCC(C)(C)CNC(=O)CCc2ccc3c(c2)[nH]c2ccncc23)C(C)(C)C)cc1. The second-order valence-electron chi connectivity index (χ2n) is 19.6. The van der Waals surface area contributed by atoms with Crippen molar-refractivity contribution < 1.29 is 29.0 Å². The fourth-order valence-corrected chi connectivity index (χ4v) is 8.10. The summed E-state index contributed by atoms with van der Waals surface area (Å²) >= 11 is 4.61. The van der Waals surface area contributed by atoms with Gasteiger partial charge in [0.25, 0.3) is 0 Å². The monoisotopic (exact) mass is 881 g/mol. The Kier molecular flexibility index (Phi) is 16.0. The van der Waals surface area contributed by atoms with Crippen molar-refractivity contribution in [3.05, 3.63) is 83.3 Å². The summed E-state index contributed by atoms with van der Waals surface area (Å²) in [6, 6.07) is 13.6. The van der Waals surface area contributed by atoms with E-state index in [0.717, 1.165) is 49.1 Å². The third-order valence-corrected chi connectivity index (χ3v) is 12.1. The van der Waals surface area contributed by atoms with E-state index in [-0.39, 0.29) is 55.2 Å². The number of amides is 4. The van der Waals surface area contributed by atoms with Gasteiger partial charge in [0.2, 0.25) is 23.6 Å². The highest BCUT2D eigenvalue weighted by Gasteiger charge is 2.45. The minimum atomic E-state index is -0.951. The molecule has 340 valence electrons. The van der Waals surface area contributed by atoms with Crippen LogP contribution in [0.3, 0.4) is 0 Å². The molecule has 0 saturated carbocycles. The largest absolute Gasteiger partial charge is 0.391 e. The van der Waals surface area contributed by atoms with Gasteiger partial charge in [0.05, 0.1) is 31.1 Å². The lowest BCUT2D eigenvalue weighted by atomic mass is 9.84. The molecule has 1 saturated heterocycles. The number of pyridine rings is 1. The number of aromatic amines is 1. The van der Waals surface area contributed by atoms with E-state index in [1.54, 1.807) is 12.4 Å². The number of aryl methyl sites for hydroxylation is 1. The molecule has 13 nitrogen and oxygen atoms in total. The number of likely N-dealkylation sites (tertiary alicyclic amines) is 1. The summed E-state index contributed by atoms with van der Waals surface area (Å²) in [6.45, 7) is 20.1. The number of carbonyl (C=O) groups is 4. The standard InChI is InChI=1S/C49H67N7O6S/c1-11-51-31(3)43(63)34-16-14-33(15-17-34)30(2)53-45(60)40-23-35(57)26-56(40)46(61)44(47(4,5)6)55-42(59)24-48(7,8)28-62-29-49(9,10)27-52-41(58)19-13-32-12-18-36-37-25-50-21-20-38(37)54-39(36)22-32/h11-12,14-18,20-22,25,30,35,40,44,54,57,63H,13,19,23-24,26-29H2,1-10H3,(H,52,58)(H,53,60)(H,55,59)/b43-31-,51-11-/t30-,35+,40-,44+/m0/s1. The Balaban J connectivity index is 1.09. The molecule has 0 aliphatic carbocycles. The third-order valence-electron chi connectivity index (χ3n) is 11.5. The van der Waals surface area contributed by atoms with E-state index in [9.17, 15) is 24.3 Å². The third kappa shape index (κ3) is 13.2. The maximum absolute atomic E-state index is 14.2. The molecule has 2 aromatic carbocycles. The van der Waals surface area contributed by atoms with Gasteiger partial charge < -0.3 is 35.7 Å². The van der Waals surface area contributed by atoms with Gasteiger partial charge in [-0.2, -0.15) is 0 Å². The Morgan fingerprint density at radius 3 is 2.35 bits per heavy atom. The summed E-state index contributed by atoms with van der Waals surface area (Å²) in [7, 11) is 0. The summed E-state index contributed by atoms with van der Waals surface area (Å²) in [5.41, 5.74) is 4.04. The molecular weight excluding hydrogens is 815 g/mol. The Hall–Kier alpha value is -5.05. The molecule has 1 fully saturated rings. The number of β-amino-alcohol motifs (C(OH)–C–C–N with tert-alkyl or cyclic N) is 1. The quantitative estimate of drug-likeness (QED) is 0.0449. The maximum Gasteiger partial charge on any atom is 0.246 e. The predicted molar refractivity (Wildman–Crippen MR) is 254 cm³/mol. The van der Waals surface area contributed by atoms with Crippen molar-refractivity contribution in [3.8, 4) is 0 Å². The van der Waals surface area contributed by atoms with Crippen molar-refractivity contribution in [2.24, 2.45) is 21.2 Å². The van der Waals surface area contributed by atoms with Crippen molar-refractivity contribution in [2.45, 2.75) is 119 Å². The van der Waals surface area contributed by atoms with Crippen LogP contribution >= 0.6 is 12.6 Å². The van der Waals surface area contributed by atoms with Crippen molar-refractivity contribution in [1.82, 2.24) is 30.8 Å². The van der Waals surface area contributed by atoms with Crippen LogP contribution < -0.4 is 16.0 Å². The van der Waals surface area contributed by atoms with Gasteiger partial charge in [-0.15, -0.1) is 12.6 Å². The Bertz CT molecular complexity index is 2330. The average Bonchev–Trinajstić information content (AvgIpc) is 3.80. The number of aromatic nitrogens is 2. The van der Waals surface area contributed by atoms with E-state index in [1.807, 2.05) is 106 Å². The van der Waals surface area contributed by atoms with Crippen LogP contribution in [0.5, 0.6) is 0 Å². The zero-order valence-electron chi connectivity index (χ0n) is 38.6. The number of aliphatic imine (C=N–C) groups is 1. The highest BCUT2D eigenvalue weighted by molar-refractivity contribution is 7.90. The smallest absolute Gasteiger partial charge is 0.246 e. The first-order valence-corrected chi connectivity index (χ1v) is 22.3. The zero-order valence-corrected chi connectivity index (χ0v) is 39.5. The maximum atomic E-state index is 14.2.